The summed E-state index contributed by atoms with van der Waals surface area (Å²) in [5, 5.41) is 25.9. The highest BCUT2D eigenvalue weighted by molar-refractivity contribution is 5.73. The monoisotopic (exact) mass is 531 g/mol. The Hall–Kier alpha value is -3.01. The van der Waals surface area contributed by atoms with Crippen LogP contribution in [0.25, 0.3) is 11.3 Å². The van der Waals surface area contributed by atoms with Crippen LogP contribution in [-0.4, -0.2) is 40.9 Å². The van der Waals surface area contributed by atoms with E-state index in [1.165, 1.54) is 64.3 Å². The smallest absolute Gasteiger partial charge is 0.186 e. The van der Waals surface area contributed by atoms with Gasteiger partial charge in [-0.05, 0) is 75.9 Å². The molecule has 6 nitrogen and oxygen atoms in total. The lowest BCUT2D eigenvalue weighted by molar-refractivity contribution is 0.00633. The largest absolute Gasteiger partial charge is 0.495 e. The van der Waals surface area contributed by atoms with Crippen molar-refractivity contribution in [3.05, 3.63) is 77.3 Å². The van der Waals surface area contributed by atoms with Gasteiger partial charge in [-0.1, -0.05) is 6.58 Å². The third-order valence-corrected chi connectivity index (χ3v) is 6.63. The highest BCUT2D eigenvalue weighted by atomic mass is 19.1. The zero-order chi connectivity index (χ0) is 28.3. The minimum Gasteiger partial charge on any atom is -0.495 e. The maximum absolute atomic E-state index is 15.6. The van der Waals surface area contributed by atoms with E-state index in [4.69, 9.17) is 4.74 Å². The number of methoxy groups -OCH3 is 1. The van der Waals surface area contributed by atoms with Crippen LogP contribution in [0.15, 0.2) is 59.4 Å². The molecule has 1 aliphatic carbocycles. The van der Waals surface area contributed by atoms with Gasteiger partial charge in [0, 0.05) is 37.1 Å². The van der Waals surface area contributed by atoms with Gasteiger partial charge in [0.1, 0.15) is 22.9 Å². The van der Waals surface area contributed by atoms with Gasteiger partial charge in [0.05, 0.1) is 24.1 Å². The van der Waals surface area contributed by atoms with Crippen LogP contribution in [0.3, 0.4) is 0 Å². The van der Waals surface area contributed by atoms with E-state index >= 15 is 4.39 Å². The van der Waals surface area contributed by atoms with Gasteiger partial charge in [0.25, 0.3) is 0 Å². The molecule has 1 aromatic carbocycles. The molecule has 206 valence electrons. The molecule has 0 amide bonds. The van der Waals surface area contributed by atoms with Crippen molar-refractivity contribution in [2.75, 3.05) is 13.7 Å². The third kappa shape index (κ3) is 6.89. The van der Waals surface area contributed by atoms with E-state index in [1.807, 2.05) is 6.92 Å². The van der Waals surface area contributed by atoms with Crippen molar-refractivity contribution in [3.63, 3.8) is 0 Å². The average molecular weight is 532 g/mol. The summed E-state index contributed by atoms with van der Waals surface area (Å²) in [4.78, 5) is 8.43. The molecule has 0 spiro atoms. The molecule has 9 heteroatoms. The number of halogens is 3. The van der Waals surface area contributed by atoms with Crippen LogP contribution in [0.4, 0.5) is 13.2 Å². The summed E-state index contributed by atoms with van der Waals surface area (Å²) >= 11 is 0. The van der Waals surface area contributed by atoms with Gasteiger partial charge in [0.2, 0.25) is 0 Å². The van der Waals surface area contributed by atoms with E-state index in [0.717, 1.165) is 12.8 Å². The summed E-state index contributed by atoms with van der Waals surface area (Å²) in [6.07, 6.45) is 3.22. The number of aliphatic hydroxyl groups is 2. The van der Waals surface area contributed by atoms with E-state index in [9.17, 15) is 19.0 Å². The third-order valence-electron chi connectivity index (χ3n) is 6.63. The Morgan fingerprint density at radius 2 is 1.89 bits per heavy atom. The molecule has 2 atom stereocenters. The Kier molecular flexibility index (Phi) is 9.17. The first-order valence-electron chi connectivity index (χ1n) is 12.6. The standard InChI is InChI=1S/C29H36F3N3O3/c1-7-24(38-6)23(34-18(3)30)14-17(2)33-16-29(37,20-10-11-20)25-15-22(28(4,5)36)26(32)27(35-25)19-8-12-21(31)13-9-19/h7-9,12-13,15,17,20,33,36-37H,1,10-11,14,16H2,2-6H3/b24-23-,34-18?. The van der Waals surface area contributed by atoms with Crippen LogP contribution >= 0.6 is 0 Å². The number of benzene rings is 1. The molecule has 1 aromatic heterocycles. The SMILES string of the molecule is C=C/C(OC)=C(\CC(C)NCC(O)(c1cc(C(C)(C)O)c(F)c(-c2ccc(F)cc2)n1)C1CC1)N=C(C)F. The number of nitrogens with zero attached hydrogens (tertiary/aromatic N) is 2. The molecule has 2 unspecified atom stereocenters. The lowest BCUT2D eigenvalue weighted by Crippen LogP contribution is -2.44. The van der Waals surface area contributed by atoms with E-state index < -0.39 is 28.8 Å². The lowest BCUT2D eigenvalue weighted by atomic mass is 9.87. The second-order valence-electron chi connectivity index (χ2n) is 10.3. The highest BCUT2D eigenvalue weighted by Gasteiger charge is 2.47. The summed E-state index contributed by atoms with van der Waals surface area (Å²) < 4.78 is 48.0. The zero-order valence-corrected chi connectivity index (χ0v) is 22.5. The lowest BCUT2D eigenvalue weighted by Gasteiger charge is -2.32. The van der Waals surface area contributed by atoms with E-state index in [2.05, 4.69) is 21.9 Å². The van der Waals surface area contributed by atoms with Crippen molar-refractivity contribution in [1.29, 1.82) is 0 Å². The van der Waals surface area contributed by atoms with Crippen molar-refractivity contribution in [2.24, 2.45) is 10.9 Å². The first-order valence-corrected chi connectivity index (χ1v) is 12.6. The molecule has 1 heterocycles. The first-order chi connectivity index (χ1) is 17.8. The second kappa shape index (κ2) is 11.8. The van der Waals surface area contributed by atoms with Crippen LogP contribution < -0.4 is 5.32 Å². The van der Waals surface area contributed by atoms with Gasteiger partial charge in [0.15, 0.2) is 11.8 Å². The van der Waals surface area contributed by atoms with Gasteiger partial charge >= 0.3 is 0 Å². The van der Waals surface area contributed by atoms with Crippen molar-refractivity contribution >= 4 is 5.97 Å². The van der Waals surface area contributed by atoms with Gasteiger partial charge < -0.3 is 20.3 Å². The Bertz CT molecular complexity index is 1210. The molecule has 38 heavy (non-hydrogen) atoms. The number of nitrogens with one attached hydrogen (secondary N) is 1. The van der Waals surface area contributed by atoms with Crippen LogP contribution in [0.1, 0.15) is 58.2 Å². The number of ether oxygens (including phenoxy) is 1. The summed E-state index contributed by atoms with van der Waals surface area (Å²) in [5.41, 5.74) is -2.27. The second-order valence-corrected chi connectivity index (χ2v) is 10.3. The molecule has 1 saturated carbocycles. The fraction of sp³-hybridized carbons (Fsp3) is 0.448. The summed E-state index contributed by atoms with van der Waals surface area (Å²) in [7, 11) is 1.45. The molecule has 0 aliphatic heterocycles. The van der Waals surface area contributed by atoms with Crippen LogP contribution in [-0.2, 0) is 15.9 Å². The average Bonchev–Trinajstić information content (AvgIpc) is 3.69. The number of pyridine rings is 1. The van der Waals surface area contributed by atoms with Gasteiger partial charge in [-0.15, -0.1) is 0 Å². The fourth-order valence-corrected chi connectivity index (χ4v) is 4.40. The Morgan fingerprint density at radius 3 is 2.39 bits per heavy atom. The van der Waals surface area contributed by atoms with E-state index in [0.29, 0.717) is 17.0 Å². The number of rotatable bonds is 12. The molecular formula is C29H36F3N3O3. The predicted molar refractivity (Wildman–Crippen MR) is 142 cm³/mol. The maximum Gasteiger partial charge on any atom is 0.186 e. The number of aliphatic imine (C=N–C) groups is 1. The van der Waals surface area contributed by atoms with E-state index in [1.54, 1.807) is 0 Å². The van der Waals surface area contributed by atoms with Crippen LogP contribution in [0, 0.1) is 17.6 Å². The van der Waals surface area contributed by atoms with Crippen molar-refractivity contribution in [2.45, 2.75) is 64.2 Å². The summed E-state index contributed by atoms with van der Waals surface area (Å²) in [5.74, 6) is -1.64. The first kappa shape index (κ1) is 29.5. The molecule has 3 N–H and O–H groups in total. The molecule has 0 radical (unpaired) electrons. The summed E-state index contributed by atoms with van der Waals surface area (Å²) in [6.45, 7) is 9.74. The minimum absolute atomic E-state index is 0.0253. The van der Waals surface area contributed by atoms with E-state index in [-0.39, 0.29) is 41.9 Å². The molecule has 0 saturated heterocycles. The Balaban J connectivity index is 1.99. The van der Waals surface area contributed by atoms with Crippen molar-refractivity contribution < 1.29 is 28.1 Å². The highest BCUT2D eigenvalue weighted by Crippen LogP contribution is 2.46. The maximum atomic E-state index is 15.6. The molecule has 0 bridgehead atoms. The minimum atomic E-state index is -1.56. The normalized spacial score (nSPS) is 17.5. The van der Waals surface area contributed by atoms with Gasteiger partial charge in [-0.3, -0.25) is 0 Å². The molecule has 3 rings (SSSR count). The molecular weight excluding hydrogens is 495 g/mol. The quantitative estimate of drug-likeness (QED) is 0.187. The molecule has 1 fully saturated rings. The Labute approximate surface area is 222 Å². The number of hydrogen-bond donors (Lipinski definition) is 3. The fourth-order valence-electron chi connectivity index (χ4n) is 4.40. The number of hydrogen-bond acceptors (Lipinski definition) is 6. The van der Waals surface area contributed by atoms with Crippen molar-refractivity contribution in [1.82, 2.24) is 10.3 Å². The van der Waals surface area contributed by atoms with Crippen LogP contribution in [0.5, 0.6) is 0 Å². The summed E-state index contributed by atoms with van der Waals surface area (Å²) in [6, 6.07) is 6.35. The molecule has 2 aromatic rings. The predicted octanol–water partition coefficient (Wildman–Crippen LogP) is 5.65. The Morgan fingerprint density at radius 1 is 1.26 bits per heavy atom. The van der Waals surface area contributed by atoms with Crippen LogP contribution in [0.2, 0.25) is 0 Å². The number of allylic oxidation sites excluding steroid dienone is 1. The van der Waals surface area contributed by atoms with Gasteiger partial charge in [-0.25, -0.2) is 18.8 Å². The zero-order valence-electron chi connectivity index (χ0n) is 22.5. The molecule has 1 aliphatic rings. The van der Waals surface area contributed by atoms with Crippen molar-refractivity contribution in [3.8, 4) is 11.3 Å². The topological polar surface area (TPSA) is 87.0 Å². The van der Waals surface area contributed by atoms with Gasteiger partial charge in [-0.2, -0.15) is 4.39 Å². The number of aromatic nitrogens is 1.